The molecule has 0 aliphatic heterocycles. The molecule has 0 fully saturated rings. The number of esters is 1. The lowest BCUT2D eigenvalue weighted by atomic mass is 10.0. The van der Waals surface area contributed by atoms with Crippen molar-refractivity contribution in [2.45, 2.75) is 85.2 Å². The van der Waals surface area contributed by atoms with Crippen molar-refractivity contribution in [1.29, 1.82) is 0 Å². The minimum absolute atomic E-state index is 0.0423. The van der Waals surface area contributed by atoms with Crippen molar-refractivity contribution in [1.82, 2.24) is 0 Å². The van der Waals surface area contributed by atoms with Gasteiger partial charge in [0, 0.05) is 6.92 Å². The molecule has 0 aromatic rings. The zero-order valence-electron chi connectivity index (χ0n) is 15.5. The number of hydrogen-bond acceptors (Lipinski definition) is 3. The van der Waals surface area contributed by atoms with Gasteiger partial charge in [-0.05, 0) is 44.0 Å². The second kappa shape index (κ2) is 7.10. The van der Waals surface area contributed by atoms with Crippen molar-refractivity contribution >= 4 is 14.3 Å². The largest absolute Gasteiger partial charge is 0.456 e. The van der Waals surface area contributed by atoms with Crippen LogP contribution in [-0.4, -0.2) is 26.0 Å². The molecule has 124 valence electrons. The lowest BCUT2D eigenvalue weighted by Crippen LogP contribution is -2.44. The molecule has 1 atom stereocenters. The monoisotopic (exact) mass is 314 g/mol. The summed E-state index contributed by atoms with van der Waals surface area (Å²) in [7, 11) is -1.82. The van der Waals surface area contributed by atoms with Gasteiger partial charge in [0.2, 0.25) is 0 Å². The topological polar surface area (TPSA) is 35.5 Å². The molecule has 0 spiro atoms. The molecule has 0 saturated heterocycles. The molecule has 4 heteroatoms. The molecule has 0 rings (SSSR count). The van der Waals surface area contributed by atoms with Crippen molar-refractivity contribution < 1.29 is 14.0 Å². The first-order valence-electron chi connectivity index (χ1n) is 7.75. The van der Waals surface area contributed by atoms with Gasteiger partial charge in [-0.2, -0.15) is 0 Å². The van der Waals surface area contributed by atoms with Gasteiger partial charge >= 0.3 is 5.97 Å². The first-order valence-corrected chi connectivity index (χ1v) is 10.7. The SMILES string of the molecule is CC(=O)OC(C)(C)/C=C/C(O[Si](C)(C)C(C)(C)C)C(C)C. The van der Waals surface area contributed by atoms with Gasteiger partial charge in [-0.3, -0.25) is 4.79 Å². The van der Waals surface area contributed by atoms with E-state index in [0.29, 0.717) is 5.92 Å². The molecule has 0 bridgehead atoms. The summed E-state index contributed by atoms with van der Waals surface area (Å²) in [6.07, 6.45) is 4.03. The standard InChI is InChI=1S/C17H34O3Si/c1-13(2)15(20-21(9,10)16(4,5)6)11-12-17(7,8)19-14(3)18/h11-13,15H,1-10H3/b12-11+. The molecule has 0 aliphatic rings. The summed E-state index contributed by atoms with van der Waals surface area (Å²) in [5, 5.41) is 0.180. The third-order valence-electron chi connectivity index (χ3n) is 3.99. The van der Waals surface area contributed by atoms with Crippen LogP contribution in [0.2, 0.25) is 18.1 Å². The maximum absolute atomic E-state index is 11.1. The lowest BCUT2D eigenvalue weighted by Gasteiger charge is -2.39. The van der Waals surface area contributed by atoms with Crippen LogP contribution in [0.5, 0.6) is 0 Å². The second-order valence-electron chi connectivity index (χ2n) is 8.14. The van der Waals surface area contributed by atoms with Gasteiger partial charge in [0.05, 0.1) is 6.10 Å². The van der Waals surface area contributed by atoms with E-state index in [0.717, 1.165) is 0 Å². The summed E-state index contributed by atoms with van der Waals surface area (Å²) >= 11 is 0. The fourth-order valence-corrected chi connectivity index (χ4v) is 3.03. The van der Waals surface area contributed by atoms with Gasteiger partial charge in [0.15, 0.2) is 8.32 Å². The first-order chi connectivity index (χ1) is 9.18. The zero-order chi connectivity index (χ0) is 17.1. The second-order valence-corrected chi connectivity index (χ2v) is 12.9. The van der Waals surface area contributed by atoms with Crippen LogP contribution in [-0.2, 0) is 14.0 Å². The molecule has 21 heavy (non-hydrogen) atoms. The Labute approximate surface area is 132 Å². The van der Waals surface area contributed by atoms with Gasteiger partial charge in [-0.1, -0.05) is 40.7 Å². The fourth-order valence-electron chi connectivity index (χ4n) is 1.65. The van der Waals surface area contributed by atoms with Crippen LogP contribution in [0.4, 0.5) is 0 Å². The number of rotatable bonds is 6. The number of hydrogen-bond donors (Lipinski definition) is 0. The quantitative estimate of drug-likeness (QED) is 0.396. The van der Waals surface area contributed by atoms with Gasteiger partial charge in [-0.25, -0.2) is 0 Å². The van der Waals surface area contributed by atoms with Crippen molar-refractivity contribution in [3.8, 4) is 0 Å². The van der Waals surface area contributed by atoms with Gasteiger partial charge in [-0.15, -0.1) is 0 Å². The first kappa shape index (κ1) is 20.4. The van der Waals surface area contributed by atoms with E-state index in [1.807, 2.05) is 26.0 Å². The lowest BCUT2D eigenvalue weighted by molar-refractivity contribution is -0.149. The summed E-state index contributed by atoms with van der Waals surface area (Å²) in [6, 6.07) is 0. The van der Waals surface area contributed by atoms with Crippen LogP contribution in [0.25, 0.3) is 0 Å². The molecule has 0 heterocycles. The van der Waals surface area contributed by atoms with Crippen molar-refractivity contribution in [2.75, 3.05) is 0 Å². The Morgan fingerprint density at radius 3 is 1.90 bits per heavy atom. The van der Waals surface area contributed by atoms with E-state index in [-0.39, 0.29) is 17.1 Å². The molecule has 1 unspecified atom stereocenters. The van der Waals surface area contributed by atoms with E-state index < -0.39 is 13.9 Å². The van der Waals surface area contributed by atoms with Crippen LogP contribution in [0, 0.1) is 5.92 Å². The molecule has 3 nitrogen and oxygen atoms in total. The third kappa shape index (κ3) is 7.27. The Morgan fingerprint density at radius 2 is 1.57 bits per heavy atom. The number of ether oxygens (including phenoxy) is 1. The Kier molecular flexibility index (Phi) is 6.89. The van der Waals surface area contributed by atoms with E-state index in [4.69, 9.17) is 9.16 Å². The fraction of sp³-hybridized carbons (Fsp3) is 0.824. The Morgan fingerprint density at radius 1 is 1.10 bits per heavy atom. The van der Waals surface area contributed by atoms with E-state index in [2.05, 4.69) is 47.7 Å². The highest BCUT2D eigenvalue weighted by Crippen LogP contribution is 2.38. The maximum atomic E-state index is 11.1. The summed E-state index contributed by atoms with van der Waals surface area (Å²) in [6.45, 7) is 20.7. The maximum Gasteiger partial charge on any atom is 0.303 e. The summed E-state index contributed by atoms with van der Waals surface area (Å²) in [5.74, 6) is 0.111. The zero-order valence-corrected chi connectivity index (χ0v) is 16.5. The highest BCUT2D eigenvalue weighted by Gasteiger charge is 2.39. The van der Waals surface area contributed by atoms with Gasteiger partial charge in [0.25, 0.3) is 0 Å². The molecular weight excluding hydrogens is 280 g/mol. The highest BCUT2D eigenvalue weighted by atomic mass is 28.4. The predicted molar refractivity (Wildman–Crippen MR) is 91.9 cm³/mol. The van der Waals surface area contributed by atoms with E-state index in [9.17, 15) is 4.79 Å². The third-order valence-corrected chi connectivity index (χ3v) is 8.46. The smallest absolute Gasteiger partial charge is 0.303 e. The molecule has 0 aromatic carbocycles. The minimum atomic E-state index is -1.82. The molecule has 0 N–H and O–H groups in total. The average molecular weight is 315 g/mol. The normalized spacial score (nSPS) is 15.6. The van der Waals surface area contributed by atoms with Crippen molar-refractivity contribution in [2.24, 2.45) is 5.92 Å². The molecule has 0 saturated carbocycles. The molecule has 0 radical (unpaired) electrons. The van der Waals surface area contributed by atoms with Crippen LogP contribution in [0.1, 0.15) is 55.4 Å². The van der Waals surface area contributed by atoms with Crippen molar-refractivity contribution in [3.63, 3.8) is 0 Å². The Balaban J connectivity index is 5.07. The van der Waals surface area contributed by atoms with Crippen LogP contribution >= 0.6 is 0 Å². The van der Waals surface area contributed by atoms with Crippen LogP contribution in [0.15, 0.2) is 12.2 Å². The van der Waals surface area contributed by atoms with Gasteiger partial charge in [0.1, 0.15) is 5.60 Å². The van der Waals surface area contributed by atoms with Gasteiger partial charge < -0.3 is 9.16 Å². The molecule has 0 aromatic heterocycles. The summed E-state index contributed by atoms with van der Waals surface area (Å²) in [4.78, 5) is 11.1. The molecule has 0 amide bonds. The molecule has 0 aliphatic carbocycles. The van der Waals surface area contributed by atoms with E-state index in [1.165, 1.54) is 6.92 Å². The highest BCUT2D eigenvalue weighted by molar-refractivity contribution is 6.74. The number of carbonyl (C=O) groups excluding carboxylic acids is 1. The number of carbonyl (C=O) groups is 1. The van der Waals surface area contributed by atoms with Crippen LogP contribution in [0.3, 0.4) is 0 Å². The summed E-state index contributed by atoms with van der Waals surface area (Å²) < 4.78 is 11.8. The Hall–Kier alpha value is -0.613. The average Bonchev–Trinajstić information content (AvgIpc) is 2.20. The van der Waals surface area contributed by atoms with Crippen molar-refractivity contribution in [3.05, 3.63) is 12.2 Å². The van der Waals surface area contributed by atoms with E-state index >= 15 is 0 Å². The molecular formula is C17H34O3Si. The summed E-state index contributed by atoms with van der Waals surface area (Å²) in [5.41, 5.74) is -0.601. The van der Waals surface area contributed by atoms with Crippen LogP contribution < -0.4 is 0 Å². The minimum Gasteiger partial charge on any atom is -0.456 e. The van der Waals surface area contributed by atoms with E-state index in [1.54, 1.807) is 0 Å². The Bertz CT molecular complexity index is 376. The predicted octanol–water partition coefficient (Wildman–Crippen LogP) is 4.93.